The summed E-state index contributed by atoms with van der Waals surface area (Å²) in [5.41, 5.74) is 3.06. The van der Waals surface area contributed by atoms with Crippen molar-refractivity contribution in [2.24, 2.45) is 0 Å². The van der Waals surface area contributed by atoms with E-state index in [0.717, 1.165) is 21.9 Å². The zero-order valence-electron chi connectivity index (χ0n) is 10.8. The number of phenols is 1. The fourth-order valence-corrected chi connectivity index (χ4v) is 2.54. The number of aromatic hydroxyl groups is 1. The molecule has 4 rings (SSSR count). The predicted molar refractivity (Wildman–Crippen MR) is 78.5 cm³/mol. The Bertz CT molecular complexity index is 961. The standard InChI is InChI=1S/C16H10FN3O/c17-10-3-1-9(2-4-10)15-14-12-7-11(21)5-6-13(12)20-16(14)19-8-18-15/h1-8,21H,(H,18,19,20). The maximum atomic E-state index is 13.1. The number of fused-ring (bicyclic) bond motifs is 3. The van der Waals surface area contributed by atoms with E-state index >= 15 is 0 Å². The van der Waals surface area contributed by atoms with Crippen LogP contribution in [0.5, 0.6) is 5.75 Å². The molecule has 102 valence electrons. The summed E-state index contributed by atoms with van der Waals surface area (Å²) in [6, 6.07) is 11.2. The maximum Gasteiger partial charge on any atom is 0.142 e. The van der Waals surface area contributed by atoms with Gasteiger partial charge in [0, 0.05) is 16.5 Å². The minimum absolute atomic E-state index is 0.178. The Balaban J connectivity index is 2.11. The van der Waals surface area contributed by atoms with Gasteiger partial charge in [-0.25, -0.2) is 14.4 Å². The van der Waals surface area contributed by atoms with Crippen molar-refractivity contribution < 1.29 is 9.50 Å². The lowest BCUT2D eigenvalue weighted by Gasteiger charge is -2.03. The largest absolute Gasteiger partial charge is 0.508 e. The smallest absolute Gasteiger partial charge is 0.142 e. The summed E-state index contributed by atoms with van der Waals surface area (Å²) >= 11 is 0. The molecule has 0 aliphatic heterocycles. The minimum atomic E-state index is -0.291. The number of nitrogens with one attached hydrogen (secondary N) is 1. The highest BCUT2D eigenvalue weighted by Crippen LogP contribution is 2.33. The van der Waals surface area contributed by atoms with Gasteiger partial charge < -0.3 is 10.1 Å². The third-order valence-corrected chi connectivity index (χ3v) is 3.49. The summed E-state index contributed by atoms with van der Waals surface area (Å²) in [6.45, 7) is 0. The number of halogens is 1. The topological polar surface area (TPSA) is 61.8 Å². The van der Waals surface area contributed by atoms with Gasteiger partial charge in [-0.2, -0.15) is 0 Å². The van der Waals surface area contributed by atoms with Gasteiger partial charge in [0.05, 0.1) is 11.1 Å². The van der Waals surface area contributed by atoms with Crippen LogP contribution in [0.15, 0.2) is 48.8 Å². The second kappa shape index (κ2) is 4.28. The van der Waals surface area contributed by atoms with Crippen LogP contribution in [-0.4, -0.2) is 20.1 Å². The van der Waals surface area contributed by atoms with Crippen LogP contribution in [0, 0.1) is 5.82 Å². The van der Waals surface area contributed by atoms with Gasteiger partial charge in [-0.1, -0.05) is 0 Å². The maximum absolute atomic E-state index is 13.1. The molecule has 0 radical (unpaired) electrons. The van der Waals surface area contributed by atoms with E-state index in [4.69, 9.17) is 0 Å². The summed E-state index contributed by atoms with van der Waals surface area (Å²) in [5.74, 6) is -0.113. The highest BCUT2D eigenvalue weighted by atomic mass is 19.1. The second-order valence-corrected chi connectivity index (χ2v) is 4.81. The van der Waals surface area contributed by atoms with Crippen LogP contribution in [0.4, 0.5) is 4.39 Å². The fourth-order valence-electron chi connectivity index (χ4n) is 2.54. The SMILES string of the molecule is Oc1ccc2[nH]c3ncnc(-c4ccc(F)cc4)c3c2c1. The molecule has 0 bridgehead atoms. The van der Waals surface area contributed by atoms with Gasteiger partial charge in [0.1, 0.15) is 23.5 Å². The molecule has 0 saturated heterocycles. The van der Waals surface area contributed by atoms with Crippen molar-refractivity contribution in [2.75, 3.05) is 0 Å². The molecule has 5 heteroatoms. The second-order valence-electron chi connectivity index (χ2n) is 4.81. The molecule has 21 heavy (non-hydrogen) atoms. The number of hydrogen-bond acceptors (Lipinski definition) is 3. The normalized spacial score (nSPS) is 11.3. The molecule has 4 aromatic rings. The molecule has 0 spiro atoms. The summed E-state index contributed by atoms with van der Waals surface area (Å²) in [6.07, 6.45) is 1.47. The van der Waals surface area contributed by atoms with E-state index in [1.54, 1.807) is 30.3 Å². The number of benzene rings is 2. The van der Waals surface area contributed by atoms with E-state index in [9.17, 15) is 9.50 Å². The van der Waals surface area contributed by atoms with Crippen LogP contribution in [0.3, 0.4) is 0 Å². The summed E-state index contributed by atoms with van der Waals surface area (Å²) in [5, 5.41) is 11.4. The molecular formula is C16H10FN3O. The lowest BCUT2D eigenvalue weighted by Crippen LogP contribution is -1.87. The van der Waals surface area contributed by atoms with Crippen molar-refractivity contribution in [3.05, 3.63) is 54.6 Å². The molecular weight excluding hydrogens is 269 g/mol. The minimum Gasteiger partial charge on any atom is -0.508 e. The Morgan fingerprint density at radius 3 is 2.62 bits per heavy atom. The van der Waals surface area contributed by atoms with Gasteiger partial charge in [-0.15, -0.1) is 0 Å². The van der Waals surface area contributed by atoms with E-state index in [2.05, 4.69) is 15.0 Å². The number of H-pyrrole nitrogens is 1. The monoisotopic (exact) mass is 279 g/mol. The molecule has 0 aliphatic carbocycles. The van der Waals surface area contributed by atoms with Crippen molar-refractivity contribution >= 4 is 21.9 Å². The molecule has 2 aromatic carbocycles. The summed E-state index contributed by atoms with van der Waals surface area (Å²) in [7, 11) is 0. The number of aromatic nitrogens is 3. The number of rotatable bonds is 1. The van der Waals surface area contributed by atoms with E-state index < -0.39 is 0 Å². The van der Waals surface area contributed by atoms with Crippen molar-refractivity contribution in [3.63, 3.8) is 0 Å². The van der Waals surface area contributed by atoms with Crippen molar-refractivity contribution in [3.8, 4) is 17.0 Å². The van der Waals surface area contributed by atoms with E-state index in [0.29, 0.717) is 11.3 Å². The third-order valence-electron chi connectivity index (χ3n) is 3.49. The number of nitrogens with zero attached hydrogens (tertiary/aromatic N) is 2. The first-order valence-corrected chi connectivity index (χ1v) is 6.44. The van der Waals surface area contributed by atoms with E-state index in [1.807, 2.05) is 0 Å². The lowest BCUT2D eigenvalue weighted by atomic mass is 10.1. The third kappa shape index (κ3) is 1.82. The molecule has 2 aromatic heterocycles. The Kier molecular flexibility index (Phi) is 2.41. The Morgan fingerprint density at radius 1 is 1.00 bits per heavy atom. The molecule has 2 N–H and O–H groups in total. The van der Waals surface area contributed by atoms with Crippen LogP contribution in [-0.2, 0) is 0 Å². The first-order valence-electron chi connectivity index (χ1n) is 6.44. The molecule has 4 nitrogen and oxygen atoms in total. The van der Waals surface area contributed by atoms with Gasteiger partial charge >= 0.3 is 0 Å². The van der Waals surface area contributed by atoms with Crippen molar-refractivity contribution in [1.29, 1.82) is 0 Å². The zero-order valence-corrected chi connectivity index (χ0v) is 10.8. The predicted octanol–water partition coefficient (Wildman–Crippen LogP) is 3.62. The van der Waals surface area contributed by atoms with Crippen LogP contribution < -0.4 is 0 Å². The summed E-state index contributed by atoms with van der Waals surface area (Å²) < 4.78 is 13.1. The Morgan fingerprint density at radius 2 is 1.81 bits per heavy atom. The van der Waals surface area contributed by atoms with E-state index in [1.165, 1.54) is 18.5 Å². The molecule has 0 unspecified atom stereocenters. The summed E-state index contributed by atoms with van der Waals surface area (Å²) in [4.78, 5) is 11.7. The first kappa shape index (κ1) is 11.8. The molecule has 0 amide bonds. The quantitative estimate of drug-likeness (QED) is 0.559. The number of hydrogen-bond donors (Lipinski definition) is 2. The molecule has 2 heterocycles. The zero-order chi connectivity index (χ0) is 14.4. The average Bonchev–Trinajstić information content (AvgIpc) is 2.86. The number of phenolic OH excluding ortho intramolecular Hbond substituents is 1. The van der Waals surface area contributed by atoms with E-state index in [-0.39, 0.29) is 11.6 Å². The van der Waals surface area contributed by atoms with Crippen LogP contribution in [0.1, 0.15) is 0 Å². The molecule has 0 saturated carbocycles. The number of aromatic amines is 1. The Labute approximate surface area is 118 Å². The van der Waals surface area contributed by atoms with Crippen LogP contribution in [0.25, 0.3) is 33.2 Å². The average molecular weight is 279 g/mol. The van der Waals surface area contributed by atoms with Crippen molar-refractivity contribution in [1.82, 2.24) is 15.0 Å². The molecule has 0 aliphatic rings. The Hall–Kier alpha value is -2.95. The highest BCUT2D eigenvalue weighted by Gasteiger charge is 2.13. The van der Waals surface area contributed by atoms with Gasteiger partial charge in [0.15, 0.2) is 0 Å². The van der Waals surface area contributed by atoms with Crippen molar-refractivity contribution in [2.45, 2.75) is 0 Å². The van der Waals surface area contributed by atoms with Gasteiger partial charge in [0.25, 0.3) is 0 Å². The van der Waals surface area contributed by atoms with Gasteiger partial charge in [-0.05, 0) is 42.5 Å². The van der Waals surface area contributed by atoms with Crippen LogP contribution in [0.2, 0.25) is 0 Å². The first-order chi connectivity index (χ1) is 10.2. The molecule has 0 atom stereocenters. The molecule has 0 fully saturated rings. The van der Waals surface area contributed by atoms with Gasteiger partial charge in [-0.3, -0.25) is 0 Å². The van der Waals surface area contributed by atoms with Gasteiger partial charge in [0.2, 0.25) is 0 Å². The fraction of sp³-hybridized carbons (Fsp3) is 0. The highest BCUT2D eigenvalue weighted by molar-refractivity contribution is 6.12. The van der Waals surface area contributed by atoms with Crippen LogP contribution >= 0.6 is 0 Å². The lowest BCUT2D eigenvalue weighted by molar-refractivity contribution is 0.476.